The predicted octanol–water partition coefficient (Wildman–Crippen LogP) is 1.17. The SMILES string of the molecule is CC1CN(S(=O)(=O)c2cccc(F)c2)CC1C(=O)O. The number of rotatable bonds is 3. The second kappa shape index (κ2) is 4.90. The summed E-state index contributed by atoms with van der Waals surface area (Å²) in [5.74, 6) is -2.63. The number of halogens is 1. The molecule has 0 spiro atoms. The van der Waals surface area contributed by atoms with Crippen molar-refractivity contribution < 1.29 is 22.7 Å². The average Bonchev–Trinajstić information content (AvgIpc) is 2.72. The summed E-state index contributed by atoms with van der Waals surface area (Å²) in [7, 11) is -3.83. The van der Waals surface area contributed by atoms with Crippen LogP contribution in [0.3, 0.4) is 0 Å². The average molecular weight is 287 g/mol. The molecule has 2 unspecified atom stereocenters. The molecule has 5 nitrogen and oxygen atoms in total. The van der Waals surface area contributed by atoms with Crippen LogP contribution in [0.2, 0.25) is 0 Å². The van der Waals surface area contributed by atoms with E-state index in [2.05, 4.69) is 0 Å². The highest BCUT2D eigenvalue weighted by atomic mass is 32.2. The third-order valence-electron chi connectivity index (χ3n) is 3.33. The quantitative estimate of drug-likeness (QED) is 0.905. The summed E-state index contributed by atoms with van der Waals surface area (Å²) in [6, 6.07) is 4.72. The molecule has 1 aromatic carbocycles. The van der Waals surface area contributed by atoms with Gasteiger partial charge in [0.1, 0.15) is 5.82 Å². The number of carboxylic acids is 1. The molecule has 0 saturated carbocycles. The summed E-state index contributed by atoms with van der Waals surface area (Å²) in [5, 5.41) is 9.00. The summed E-state index contributed by atoms with van der Waals surface area (Å²) in [4.78, 5) is 10.8. The van der Waals surface area contributed by atoms with Crippen LogP contribution in [0.15, 0.2) is 29.2 Å². The highest BCUT2D eigenvalue weighted by Gasteiger charge is 2.40. The first-order valence-corrected chi connectivity index (χ1v) is 7.25. The van der Waals surface area contributed by atoms with Gasteiger partial charge in [-0.25, -0.2) is 12.8 Å². The predicted molar refractivity (Wildman–Crippen MR) is 65.4 cm³/mol. The molecular formula is C12H14FNO4S. The fraction of sp³-hybridized carbons (Fsp3) is 0.417. The van der Waals surface area contributed by atoms with E-state index < -0.39 is 27.7 Å². The largest absolute Gasteiger partial charge is 0.481 e. The fourth-order valence-corrected chi connectivity index (χ4v) is 3.82. The summed E-state index contributed by atoms with van der Waals surface area (Å²) in [6.45, 7) is 1.76. The van der Waals surface area contributed by atoms with Crippen LogP contribution in [0.5, 0.6) is 0 Å². The summed E-state index contributed by atoms with van der Waals surface area (Å²) in [6.07, 6.45) is 0. The van der Waals surface area contributed by atoms with Crippen LogP contribution in [0.1, 0.15) is 6.92 Å². The summed E-state index contributed by atoms with van der Waals surface area (Å²) >= 11 is 0. The van der Waals surface area contributed by atoms with Crippen LogP contribution >= 0.6 is 0 Å². The second-order valence-electron chi connectivity index (χ2n) is 4.70. The molecule has 1 fully saturated rings. The third kappa shape index (κ3) is 2.62. The number of hydrogen-bond donors (Lipinski definition) is 1. The molecule has 0 aromatic heterocycles. The van der Waals surface area contributed by atoms with Gasteiger partial charge in [-0.05, 0) is 24.1 Å². The maximum absolute atomic E-state index is 13.1. The lowest BCUT2D eigenvalue weighted by molar-refractivity contribution is -0.142. The van der Waals surface area contributed by atoms with Crippen molar-refractivity contribution in [2.45, 2.75) is 11.8 Å². The molecule has 1 aliphatic rings. The van der Waals surface area contributed by atoms with Gasteiger partial charge in [-0.1, -0.05) is 13.0 Å². The molecule has 0 radical (unpaired) electrons. The Labute approximate surface area is 110 Å². The van der Waals surface area contributed by atoms with Crippen molar-refractivity contribution >= 4 is 16.0 Å². The van der Waals surface area contributed by atoms with Gasteiger partial charge in [-0.2, -0.15) is 4.31 Å². The molecule has 7 heteroatoms. The lowest BCUT2D eigenvalue weighted by Gasteiger charge is -2.15. The molecular weight excluding hydrogens is 273 g/mol. The maximum atomic E-state index is 13.1. The molecule has 1 aliphatic heterocycles. The Morgan fingerprint density at radius 1 is 1.42 bits per heavy atom. The van der Waals surface area contributed by atoms with Gasteiger partial charge in [0, 0.05) is 13.1 Å². The van der Waals surface area contributed by atoms with E-state index in [1.165, 1.54) is 12.1 Å². The van der Waals surface area contributed by atoms with Crippen LogP contribution in [-0.4, -0.2) is 36.9 Å². The molecule has 1 aromatic rings. The van der Waals surface area contributed by atoms with Gasteiger partial charge in [0.2, 0.25) is 10.0 Å². The van der Waals surface area contributed by atoms with Gasteiger partial charge >= 0.3 is 5.97 Å². The molecule has 1 heterocycles. The zero-order chi connectivity index (χ0) is 14.2. The van der Waals surface area contributed by atoms with Crippen molar-refractivity contribution in [3.63, 3.8) is 0 Å². The van der Waals surface area contributed by atoms with E-state index in [4.69, 9.17) is 5.11 Å². The molecule has 19 heavy (non-hydrogen) atoms. The third-order valence-corrected chi connectivity index (χ3v) is 5.16. The van der Waals surface area contributed by atoms with Crippen molar-refractivity contribution in [1.82, 2.24) is 4.31 Å². The maximum Gasteiger partial charge on any atom is 0.308 e. The van der Waals surface area contributed by atoms with E-state index in [9.17, 15) is 17.6 Å². The topological polar surface area (TPSA) is 74.7 Å². The lowest BCUT2D eigenvalue weighted by Crippen LogP contribution is -2.30. The van der Waals surface area contributed by atoms with Crippen molar-refractivity contribution in [1.29, 1.82) is 0 Å². The minimum absolute atomic E-state index is 0.0741. The van der Waals surface area contributed by atoms with E-state index in [-0.39, 0.29) is 23.9 Å². The van der Waals surface area contributed by atoms with Crippen molar-refractivity contribution in [3.05, 3.63) is 30.1 Å². The van der Waals surface area contributed by atoms with Crippen LogP contribution < -0.4 is 0 Å². The van der Waals surface area contributed by atoms with E-state index in [1.807, 2.05) is 0 Å². The van der Waals surface area contributed by atoms with Crippen LogP contribution in [-0.2, 0) is 14.8 Å². The van der Waals surface area contributed by atoms with Gasteiger partial charge in [-0.15, -0.1) is 0 Å². The van der Waals surface area contributed by atoms with Crippen molar-refractivity contribution in [2.24, 2.45) is 11.8 Å². The Morgan fingerprint density at radius 2 is 2.11 bits per heavy atom. The zero-order valence-corrected chi connectivity index (χ0v) is 11.1. The second-order valence-corrected chi connectivity index (χ2v) is 6.64. The van der Waals surface area contributed by atoms with Gasteiger partial charge in [0.15, 0.2) is 0 Å². The van der Waals surface area contributed by atoms with E-state index >= 15 is 0 Å². The highest BCUT2D eigenvalue weighted by Crippen LogP contribution is 2.28. The molecule has 0 bridgehead atoms. The Bertz CT molecular complexity index is 602. The fourth-order valence-electron chi connectivity index (χ4n) is 2.22. The number of sulfonamides is 1. The Kier molecular flexibility index (Phi) is 3.60. The summed E-state index contributed by atoms with van der Waals surface area (Å²) in [5.41, 5.74) is 0. The van der Waals surface area contributed by atoms with Gasteiger partial charge in [0.25, 0.3) is 0 Å². The normalized spacial score (nSPS) is 24.5. The minimum atomic E-state index is -3.83. The smallest absolute Gasteiger partial charge is 0.308 e. The first kappa shape index (κ1) is 14.0. The summed E-state index contributed by atoms with van der Waals surface area (Å²) < 4.78 is 38.7. The zero-order valence-electron chi connectivity index (χ0n) is 10.3. The van der Waals surface area contributed by atoms with E-state index in [0.29, 0.717) is 0 Å². The van der Waals surface area contributed by atoms with Crippen molar-refractivity contribution in [3.8, 4) is 0 Å². The van der Waals surface area contributed by atoms with Gasteiger partial charge in [0.05, 0.1) is 10.8 Å². The first-order valence-electron chi connectivity index (χ1n) is 5.81. The standard InChI is InChI=1S/C12H14FNO4S/c1-8-6-14(7-11(8)12(15)16)19(17,18)10-4-2-3-9(13)5-10/h2-5,8,11H,6-7H2,1H3,(H,15,16). The molecule has 0 amide bonds. The number of nitrogens with zero attached hydrogens (tertiary/aromatic N) is 1. The van der Waals surface area contributed by atoms with Crippen molar-refractivity contribution in [2.75, 3.05) is 13.1 Å². The van der Waals surface area contributed by atoms with Gasteiger partial charge in [-0.3, -0.25) is 4.79 Å². The number of carboxylic acid groups (broad SMARTS) is 1. The van der Waals surface area contributed by atoms with E-state index in [1.54, 1.807) is 6.92 Å². The highest BCUT2D eigenvalue weighted by molar-refractivity contribution is 7.89. The van der Waals surface area contributed by atoms with Crippen LogP contribution in [0, 0.1) is 17.7 Å². The molecule has 2 atom stereocenters. The number of carbonyl (C=O) groups is 1. The molecule has 1 saturated heterocycles. The lowest BCUT2D eigenvalue weighted by atomic mass is 9.99. The van der Waals surface area contributed by atoms with E-state index in [0.717, 1.165) is 16.4 Å². The number of hydrogen-bond acceptors (Lipinski definition) is 3. The molecule has 0 aliphatic carbocycles. The monoisotopic (exact) mass is 287 g/mol. The van der Waals surface area contributed by atoms with Crippen LogP contribution in [0.4, 0.5) is 4.39 Å². The molecule has 104 valence electrons. The number of aliphatic carboxylic acids is 1. The first-order chi connectivity index (χ1) is 8.82. The molecule has 2 rings (SSSR count). The van der Waals surface area contributed by atoms with Gasteiger partial charge < -0.3 is 5.11 Å². The van der Waals surface area contributed by atoms with Crippen LogP contribution in [0.25, 0.3) is 0 Å². The minimum Gasteiger partial charge on any atom is -0.481 e. The Hall–Kier alpha value is -1.47. The number of benzene rings is 1. The molecule has 1 N–H and O–H groups in total. The Morgan fingerprint density at radius 3 is 2.63 bits per heavy atom. The Balaban J connectivity index is 2.30.